The van der Waals surface area contributed by atoms with Crippen LogP contribution in [-0.2, 0) is 4.74 Å². The molecule has 1 aliphatic heterocycles. The van der Waals surface area contributed by atoms with Gasteiger partial charge < -0.3 is 15.4 Å². The van der Waals surface area contributed by atoms with E-state index >= 15 is 0 Å². The Bertz CT molecular complexity index is 595. The van der Waals surface area contributed by atoms with Gasteiger partial charge in [-0.2, -0.15) is 0 Å². The number of alkyl halides is 2. The molecule has 2 N–H and O–H groups in total. The van der Waals surface area contributed by atoms with E-state index in [9.17, 15) is 8.78 Å². The molecule has 8 heteroatoms. The summed E-state index contributed by atoms with van der Waals surface area (Å²) in [7, 11) is 1.65. The Balaban J connectivity index is 1.91. The fourth-order valence-electron chi connectivity index (χ4n) is 3.17. The summed E-state index contributed by atoms with van der Waals surface area (Å²) >= 11 is 6.06. The van der Waals surface area contributed by atoms with E-state index in [1.807, 2.05) is 36.1 Å². The zero-order chi connectivity index (χ0) is 19.6. The topological polar surface area (TPSA) is 48.9 Å². The molecule has 1 heterocycles. The van der Waals surface area contributed by atoms with E-state index in [-0.39, 0.29) is 18.7 Å². The number of nitrogens with one attached hydrogen (secondary N) is 2. The number of rotatable bonds is 8. The van der Waals surface area contributed by atoms with Gasteiger partial charge in [0.25, 0.3) is 6.43 Å². The molecule has 1 fully saturated rings. The molecule has 1 atom stereocenters. The molecule has 1 aliphatic rings. The molecular weight excluding hydrogens is 374 g/mol. The van der Waals surface area contributed by atoms with Gasteiger partial charge in [-0.25, -0.2) is 8.78 Å². The van der Waals surface area contributed by atoms with Gasteiger partial charge in [0.15, 0.2) is 5.96 Å². The Labute approximate surface area is 165 Å². The second-order valence-corrected chi connectivity index (χ2v) is 7.05. The summed E-state index contributed by atoms with van der Waals surface area (Å²) < 4.78 is 30.6. The summed E-state index contributed by atoms with van der Waals surface area (Å²) in [6.45, 7) is 4.40. The second-order valence-electron chi connectivity index (χ2n) is 6.61. The molecular formula is C19H29ClF2N4O. The lowest BCUT2D eigenvalue weighted by molar-refractivity contribution is 0.0744. The number of methoxy groups -OCH3 is 1. The molecule has 0 spiro atoms. The first-order valence-electron chi connectivity index (χ1n) is 9.35. The first-order chi connectivity index (χ1) is 13.0. The number of halogens is 3. The van der Waals surface area contributed by atoms with Crippen LogP contribution in [0.25, 0.3) is 0 Å². The molecule has 0 amide bonds. The summed E-state index contributed by atoms with van der Waals surface area (Å²) in [6, 6.07) is 7.79. The van der Waals surface area contributed by atoms with E-state index in [4.69, 9.17) is 16.3 Å². The average molecular weight is 403 g/mol. The van der Waals surface area contributed by atoms with E-state index in [1.165, 1.54) is 0 Å². The average Bonchev–Trinajstić information content (AvgIpc) is 2.63. The highest BCUT2D eigenvalue weighted by Crippen LogP contribution is 2.20. The molecule has 0 radical (unpaired) electrons. The molecule has 0 saturated carbocycles. The molecule has 152 valence electrons. The van der Waals surface area contributed by atoms with E-state index < -0.39 is 6.43 Å². The molecule has 0 bridgehead atoms. The zero-order valence-electron chi connectivity index (χ0n) is 15.9. The first kappa shape index (κ1) is 21.9. The highest BCUT2D eigenvalue weighted by Gasteiger charge is 2.22. The standard InChI is InChI=1S/C19H29ClF2N4O/c1-3-23-19(25-16-7-9-26(10-8-16)13-18(21)22)24-12-17(27-2)14-5-4-6-15(20)11-14/h4-6,11,16-18H,3,7-10,12-13H2,1-2H3,(H2,23,24,25). The first-order valence-corrected chi connectivity index (χ1v) is 9.73. The van der Waals surface area contributed by atoms with Gasteiger partial charge in [0.1, 0.15) is 6.10 Å². The molecule has 0 aromatic heterocycles. The van der Waals surface area contributed by atoms with Crippen LogP contribution in [0.3, 0.4) is 0 Å². The Morgan fingerprint density at radius 2 is 2.11 bits per heavy atom. The Hall–Kier alpha value is -1.44. The minimum absolute atomic E-state index is 0.143. The third-order valence-electron chi connectivity index (χ3n) is 4.59. The van der Waals surface area contributed by atoms with Crippen molar-refractivity contribution in [3.05, 3.63) is 34.9 Å². The Kier molecular flexibility index (Phi) is 9.24. The Morgan fingerprint density at radius 3 is 2.70 bits per heavy atom. The van der Waals surface area contributed by atoms with Crippen molar-refractivity contribution in [2.45, 2.75) is 38.3 Å². The van der Waals surface area contributed by atoms with Crippen molar-refractivity contribution >= 4 is 17.6 Å². The van der Waals surface area contributed by atoms with Gasteiger partial charge in [-0.15, -0.1) is 0 Å². The number of benzene rings is 1. The van der Waals surface area contributed by atoms with Crippen molar-refractivity contribution in [2.24, 2.45) is 4.99 Å². The van der Waals surface area contributed by atoms with Crippen molar-refractivity contribution in [1.29, 1.82) is 0 Å². The van der Waals surface area contributed by atoms with Crippen LogP contribution < -0.4 is 10.6 Å². The van der Waals surface area contributed by atoms with Crippen LogP contribution in [0.5, 0.6) is 0 Å². The van der Waals surface area contributed by atoms with Gasteiger partial charge in [0, 0.05) is 37.8 Å². The van der Waals surface area contributed by atoms with Gasteiger partial charge in [-0.05, 0) is 37.5 Å². The normalized spacial score (nSPS) is 17.9. The maximum atomic E-state index is 12.5. The predicted octanol–water partition coefficient (Wildman–Crippen LogP) is 3.31. The van der Waals surface area contributed by atoms with Crippen molar-refractivity contribution in [3.63, 3.8) is 0 Å². The monoisotopic (exact) mass is 402 g/mol. The van der Waals surface area contributed by atoms with E-state index in [0.717, 1.165) is 24.9 Å². The van der Waals surface area contributed by atoms with Gasteiger partial charge in [-0.1, -0.05) is 23.7 Å². The maximum Gasteiger partial charge on any atom is 0.251 e. The van der Waals surface area contributed by atoms with Crippen LogP contribution in [0.15, 0.2) is 29.3 Å². The summed E-state index contributed by atoms with van der Waals surface area (Å²) in [6.07, 6.45) is -0.823. The predicted molar refractivity (Wildman–Crippen MR) is 106 cm³/mol. The van der Waals surface area contributed by atoms with Gasteiger partial charge >= 0.3 is 0 Å². The second kappa shape index (κ2) is 11.4. The Morgan fingerprint density at radius 1 is 1.37 bits per heavy atom. The molecule has 2 rings (SSSR count). The smallest absolute Gasteiger partial charge is 0.251 e. The molecule has 1 unspecified atom stereocenters. The molecule has 1 saturated heterocycles. The van der Waals surface area contributed by atoms with Crippen molar-refractivity contribution in [3.8, 4) is 0 Å². The summed E-state index contributed by atoms with van der Waals surface area (Å²) in [5, 5.41) is 7.32. The van der Waals surface area contributed by atoms with Gasteiger partial charge in [-0.3, -0.25) is 9.89 Å². The fraction of sp³-hybridized carbons (Fsp3) is 0.632. The SMILES string of the molecule is CCNC(=NCC(OC)c1cccc(Cl)c1)NC1CCN(CC(F)F)CC1. The highest BCUT2D eigenvalue weighted by atomic mass is 35.5. The summed E-state index contributed by atoms with van der Waals surface area (Å²) in [5.41, 5.74) is 0.977. The number of ether oxygens (including phenoxy) is 1. The van der Waals surface area contributed by atoms with Crippen LogP contribution in [0.4, 0.5) is 8.78 Å². The lowest BCUT2D eigenvalue weighted by Crippen LogP contribution is -2.49. The van der Waals surface area contributed by atoms with Crippen LogP contribution in [-0.4, -0.2) is 63.2 Å². The molecule has 0 aliphatic carbocycles. The summed E-state index contributed by atoms with van der Waals surface area (Å²) in [5.74, 6) is 0.717. The van der Waals surface area contributed by atoms with Gasteiger partial charge in [0.2, 0.25) is 0 Å². The lowest BCUT2D eigenvalue weighted by Gasteiger charge is -2.32. The largest absolute Gasteiger partial charge is 0.375 e. The van der Waals surface area contributed by atoms with Crippen LogP contribution >= 0.6 is 11.6 Å². The molecule has 1 aromatic rings. The number of guanidine groups is 1. The van der Waals surface area contributed by atoms with Crippen molar-refractivity contribution < 1.29 is 13.5 Å². The van der Waals surface area contributed by atoms with Crippen molar-refractivity contribution in [2.75, 3.05) is 39.8 Å². The maximum absolute atomic E-state index is 12.5. The van der Waals surface area contributed by atoms with Crippen LogP contribution in [0.1, 0.15) is 31.4 Å². The zero-order valence-corrected chi connectivity index (χ0v) is 16.7. The van der Waals surface area contributed by atoms with E-state index in [0.29, 0.717) is 30.6 Å². The van der Waals surface area contributed by atoms with Gasteiger partial charge in [0.05, 0.1) is 13.1 Å². The molecule has 5 nitrogen and oxygen atoms in total. The number of hydrogen-bond acceptors (Lipinski definition) is 3. The van der Waals surface area contributed by atoms with E-state index in [2.05, 4.69) is 15.6 Å². The van der Waals surface area contributed by atoms with Crippen molar-refractivity contribution in [1.82, 2.24) is 15.5 Å². The fourth-order valence-corrected chi connectivity index (χ4v) is 3.36. The third kappa shape index (κ3) is 7.60. The number of nitrogens with zero attached hydrogens (tertiary/aromatic N) is 2. The summed E-state index contributed by atoms with van der Waals surface area (Å²) in [4.78, 5) is 6.46. The number of aliphatic imine (C=N–C) groups is 1. The van der Waals surface area contributed by atoms with E-state index in [1.54, 1.807) is 7.11 Å². The number of hydrogen-bond donors (Lipinski definition) is 2. The lowest BCUT2D eigenvalue weighted by atomic mass is 10.1. The highest BCUT2D eigenvalue weighted by molar-refractivity contribution is 6.30. The number of piperidine rings is 1. The molecule has 1 aromatic carbocycles. The minimum atomic E-state index is -2.27. The third-order valence-corrected chi connectivity index (χ3v) is 4.82. The molecule has 27 heavy (non-hydrogen) atoms. The van der Waals surface area contributed by atoms with Crippen LogP contribution in [0.2, 0.25) is 5.02 Å². The van der Waals surface area contributed by atoms with Crippen LogP contribution in [0, 0.1) is 0 Å². The number of likely N-dealkylation sites (tertiary alicyclic amines) is 1. The minimum Gasteiger partial charge on any atom is -0.375 e. The quantitative estimate of drug-likeness (QED) is 0.517.